The molecule has 0 spiro atoms. The third-order valence-electron chi connectivity index (χ3n) is 3.81. The summed E-state index contributed by atoms with van der Waals surface area (Å²) in [5, 5.41) is 4.25. The van der Waals surface area contributed by atoms with E-state index in [1.165, 1.54) is 0 Å². The highest BCUT2D eigenvalue weighted by molar-refractivity contribution is 6.42. The first kappa shape index (κ1) is 13.9. The van der Waals surface area contributed by atoms with Gasteiger partial charge in [0.1, 0.15) is 0 Å². The van der Waals surface area contributed by atoms with Gasteiger partial charge in [-0.05, 0) is 44.0 Å². The van der Waals surface area contributed by atoms with E-state index in [1.54, 1.807) is 18.2 Å². The fourth-order valence-electron chi connectivity index (χ4n) is 2.57. The van der Waals surface area contributed by atoms with Crippen molar-refractivity contribution in [2.24, 2.45) is 5.41 Å². The molecule has 98 valence electrons. The first-order valence-electron chi connectivity index (χ1n) is 6.29. The number of carbonyl (C=O) groups excluding carboxylic acids is 1. The molecule has 1 N–H and O–H groups in total. The number of Topliss-reactive ketones (excluding diaryl/α,β-unsaturated/α-hetero) is 1. The maximum Gasteiger partial charge on any atom is 0.170 e. The van der Waals surface area contributed by atoms with Crippen LogP contribution in [0.2, 0.25) is 10.0 Å². The molecule has 0 bridgehead atoms. The Bertz CT molecular complexity index is 453. The average Bonchev–Trinajstić information content (AvgIpc) is 2.42. The fourth-order valence-corrected chi connectivity index (χ4v) is 2.87. The molecule has 1 aliphatic rings. The van der Waals surface area contributed by atoms with Crippen molar-refractivity contribution in [2.75, 3.05) is 13.1 Å². The zero-order valence-corrected chi connectivity index (χ0v) is 11.9. The second kappa shape index (κ2) is 5.60. The molecule has 0 amide bonds. The van der Waals surface area contributed by atoms with Gasteiger partial charge in [-0.25, -0.2) is 0 Å². The number of benzene rings is 1. The Morgan fingerprint density at radius 1 is 1.39 bits per heavy atom. The van der Waals surface area contributed by atoms with E-state index in [-0.39, 0.29) is 11.2 Å². The van der Waals surface area contributed by atoms with Crippen molar-refractivity contribution in [3.63, 3.8) is 0 Å². The highest BCUT2D eigenvalue weighted by Crippen LogP contribution is 2.35. The molecular formula is C14H17Cl2NO. The van der Waals surface area contributed by atoms with Gasteiger partial charge >= 0.3 is 0 Å². The lowest BCUT2D eigenvalue weighted by molar-refractivity contribution is 0.0730. The lowest BCUT2D eigenvalue weighted by Gasteiger charge is -2.35. The molecule has 1 fully saturated rings. The van der Waals surface area contributed by atoms with Gasteiger partial charge in [0.05, 0.1) is 10.0 Å². The van der Waals surface area contributed by atoms with Crippen LogP contribution in [0.3, 0.4) is 0 Å². The number of halogens is 2. The van der Waals surface area contributed by atoms with Crippen molar-refractivity contribution in [3.8, 4) is 0 Å². The average molecular weight is 286 g/mol. The normalized spacial score (nSPS) is 23.9. The first-order valence-corrected chi connectivity index (χ1v) is 7.05. The number of piperidine rings is 1. The summed E-state index contributed by atoms with van der Waals surface area (Å²) in [7, 11) is 0. The van der Waals surface area contributed by atoms with Crippen molar-refractivity contribution in [2.45, 2.75) is 26.2 Å². The molecule has 2 rings (SSSR count). The molecule has 1 aliphatic heterocycles. The molecule has 1 saturated heterocycles. The summed E-state index contributed by atoms with van der Waals surface area (Å²) >= 11 is 11.9. The molecule has 18 heavy (non-hydrogen) atoms. The summed E-state index contributed by atoms with van der Waals surface area (Å²) < 4.78 is 0. The highest BCUT2D eigenvalue weighted by atomic mass is 35.5. The first-order chi connectivity index (χ1) is 8.59. The maximum absolute atomic E-state index is 12.7. The molecule has 2 nitrogen and oxygen atoms in total. The topological polar surface area (TPSA) is 29.1 Å². The Morgan fingerprint density at radius 3 is 2.72 bits per heavy atom. The Labute approximate surface area is 118 Å². The quantitative estimate of drug-likeness (QED) is 0.852. The third-order valence-corrected chi connectivity index (χ3v) is 4.55. The largest absolute Gasteiger partial charge is 0.316 e. The van der Waals surface area contributed by atoms with Gasteiger partial charge in [0.15, 0.2) is 5.78 Å². The van der Waals surface area contributed by atoms with E-state index in [1.807, 2.05) is 0 Å². The van der Waals surface area contributed by atoms with E-state index < -0.39 is 0 Å². The molecule has 1 atom stereocenters. The Morgan fingerprint density at radius 2 is 2.17 bits per heavy atom. The van der Waals surface area contributed by atoms with E-state index >= 15 is 0 Å². The summed E-state index contributed by atoms with van der Waals surface area (Å²) in [6.45, 7) is 3.82. The van der Waals surface area contributed by atoms with Gasteiger partial charge in [-0.15, -0.1) is 0 Å². The van der Waals surface area contributed by atoms with Crippen LogP contribution in [0.5, 0.6) is 0 Å². The molecule has 4 heteroatoms. The molecule has 1 unspecified atom stereocenters. The molecule has 0 aliphatic carbocycles. The van der Waals surface area contributed by atoms with Crippen molar-refractivity contribution < 1.29 is 4.79 Å². The van der Waals surface area contributed by atoms with Gasteiger partial charge in [-0.2, -0.15) is 0 Å². The zero-order valence-electron chi connectivity index (χ0n) is 10.4. The van der Waals surface area contributed by atoms with Crippen LogP contribution in [0, 0.1) is 5.41 Å². The molecule has 0 aromatic heterocycles. The van der Waals surface area contributed by atoms with Crippen LogP contribution in [0.25, 0.3) is 0 Å². The van der Waals surface area contributed by atoms with Gasteiger partial charge in [0.25, 0.3) is 0 Å². The summed E-state index contributed by atoms with van der Waals surface area (Å²) in [6.07, 6.45) is 2.83. The molecule has 1 heterocycles. The van der Waals surface area contributed by atoms with Gasteiger partial charge < -0.3 is 5.32 Å². The van der Waals surface area contributed by atoms with Gasteiger partial charge in [0, 0.05) is 17.5 Å². The Kier molecular flexibility index (Phi) is 4.31. The lowest BCUT2D eigenvalue weighted by atomic mass is 9.73. The number of nitrogens with one attached hydrogen (secondary N) is 1. The summed E-state index contributed by atoms with van der Waals surface area (Å²) in [5.74, 6) is 0.177. The van der Waals surface area contributed by atoms with Crippen LogP contribution in [0.4, 0.5) is 0 Å². The van der Waals surface area contributed by atoms with E-state index in [0.29, 0.717) is 15.6 Å². The maximum atomic E-state index is 12.7. The van der Waals surface area contributed by atoms with E-state index in [2.05, 4.69) is 12.2 Å². The second-order valence-electron chi connectivity index (χ2n) is 4.87. The van der Waals surface area contributed by atoms with Crippen LogP contribution in [0.1, 0.15) is 36.5 Å². The monoisotopic (exact) mass is 285 g/mol. The van der Waals surface area contributed by atoms with Crippen molar-refractivity contribution in [1.29, 1.82) is 0 Å². The SMILES string of the molecule is CCC1(C(=O)c2ccc(Cl)c(Cl)c2)CCCNC1. The number of hydrogen-bond acceptors (Lipinski definition) is 2. The summed E-state index contributed by atoms with van der Waals surface area (Å²) in [4.78, 5) is 12.7. The molecule has 0 saturated carbocycles. The second-order valence-corrected chi connectivity index (χ2v) is 5.69. The number of carbonyl (C=O) groups is 1. The Hall–Kier alpha value is -0.570. The van der Waals surface area contributed by atoms with Crippen LogP contribution in [0.15, 0.2) is 18.2 Å². The van der Waals surface area contributed by atoms with Crippen LogP contribution in [-0.4, -0.2) is 18.9 Å². The summed E-state index contributed by atoms with van der Waals surface area (Å²) in [5.41, 5.74) is 0.380. The predicted molar refractivity (Wildman–Crippen MR) is 75.6 cm³/mol. The van der Waals surface area contributed by atoms with E-state index in [4.69, 9.17) is 23.2 Å². The molecule has 1 aromatic rings. The molecule has 1 aromatic carbocycles. The lowest BCUT2D eigenvalue weighted by Crippen LogP contribution is -2.45. The van der Waals surface area contributed by atoms with Crippen molar-refractivity contribution in [1.82, 2.24) is 5.32 Å². The van der Waals surface area contributed by atoms with E-state index in [0.717, 1.165) is 32.4 Å². The minimum absolute atomic E-state index is 0.177. The smallest absolute Gasteiger partial charge is 0.170 e. The van der Waals surface area contributed by atoms with Gasteiger partial charge in [-0.3, -0.25) is 4.79 Å². The highest BCUT2D eigenvalue weighted by Gasteiger charge is 2.38. The van der Waals surface area contributed by atoms with Gasteiger partial charge in [-0.1, -0.05) is 30.1 Å². The number of hydrogen-bond donors (Lipinski definition) is 1. The fraction of sp³-hybridized carbons (Fsp3) is 0.500. The van der Waals surface area contributed by atoms with Crippen LogP contribution < -0.4 is 5.32 Å². The van der Waals surface area contributed by atoms with Crippen molar-refractivity contribution in [3.05, 3.63) is 33.8 Å². The minimum Gasteiger partial charge on any atom is -0.316 e. The minimum atomic E-state index is -0.282. The standard InChI is InChI=1S/C14H17Cl2NO/c1-2-14(6-3-7-17-9-14)13(18)10-4-5-11(15)12(16)8-10/h4-5,8,17H,2-3,6-7,9H2,1H3. The zero-order chi connectivity index (χ0) is 13.2. The summed E-state index contributed by atoms with van der Waals surface area (Å²) in [6, 6.07) is 5.14. The number of ketones is 1. The van der Waals surface area contributed by atoms with Crippen molar-refractivity contribution >= 4 is 29.0 Å². The number of rotatable bonds is 3. The van der Waals surface area contributed by atoms with Gasteiger partial charge in [0.2, 0.25) is 0 Å². The molecule has 0 radical (unpaired) electrons. The van der Waals surface area contributed by atoms with E-state index in [9.17, 15) is 4.79 Å². The Balaban J connectivity index is 2.30. The molecular weight excluding hydrogens is 269 g/mol. The predicted octanol–water partition coefficient (Wildman–Crippen LogP) is 3.96. The third kappa shape index (κ3) is 2.56. The van der Waals surface area contributed by atoms with Crippen LogP contribution >= 0.6 is 23.2 Å². The van der Waals surface area contributed by atoms with Crippen LogP contribution in [-0.2, 0) is 0 Å².